The van der Waals surface area contributed by atoms with E-state index in [1.807, 2.05) is 30.9 Å². The lowest BCUT2D eigenvalue weighted by molar-refractivity contribution is -0.141. The van der Waals surface area contributed by atoms with Crippen LogP contribution < -0.4 is 15.2 Å². The van der Waals surface area contributed by atoms with E-state index in [-0.39, 0.29) is 17.2 Å². The van der Waals surface area contributed by atoms with E-state index < -0.39 is 12.1 Å². The molecule has 3 atom stereocenters. The monoisotopic (exact) mass is 492 g/mol. The van der Waals surface area contributed by atoms with Gasteiger partial charge in [-0.05, 0) is 55.2 Å². The van der Waals surface area contributed by atoms with Crippen molar-refractivity contribution >= 4 is 5.91 Å². The lowest BCUT2D eigenvalue weighted by Gasteiger charge is -2.33. The van der Waals surface area contributed by atoms with Crippen LogP contribution in [0.3, 0.4) is 0 Å². The van der Waals surface area contributed by atoms with Crippen molar-refractivity contribution in [1.82, 2.24) is 4.90 Å². The van der Waals surface area contributed by atoms with E-state index in [1.54, 1.807) is 14.2 Å². The van der Waals surface area contributed by atoms with Crippen LogP contribution in [0.5, 0.6) is 11.5 Å². The molecule has 0 unspecified atom stereocenters. The topological polar surface area (TPSA) is 94.3 Å². The number of aliphatic hydroxyl groups excluding tert-OH is 1. The zero-order chi connectivity index (χ0) is 26.0. The van der Waals surface area contributed by atoms with Crippen molar-refractivity contribution in [3.63, 3.8) is 0 Å². The van der Waals surface area contributed by atoms with Crippen LogP contribution in [0.2, 0.25) is 0 Å². The highest BCUT2D eigenvalue weighted by molar-refractivity contribution is 5.82. The maximum Gasteiger partial charge on any atom is 0.228 e. The molecular weight excluding hydrogens is 444 g/mol. The highest BCUT2D eigenvalue weighted by atomic mass is 16.5. The summed E-state index contributed by atoms with van der Waals surface area (Å²) in [6, 6.07) is 5.65. The lowest BCUT2D eigenvalue weighted by Crippen LogP contribution is -2.49. The molecular formula is C28H48N2O5. The third-order valence-electron chi connectivity index (χ3n) is 7.24. The third-order valence-corrected chi connectivity index (χ3v) is 7.24. The van der Waals surface area contributed by atoms with E-state index in [2.05, 4.69) is 19.9 Å². The van der Waals surface area contributed by atoms with E-state index in [0.717, 1.165) is 43.4 Å². The van der Waals surface area contributed by atoms with Gasteiger partial charge in [0, 0.05) is 44.7 Å². The minimum absolute atomic E-state index is 0.123. The molecule has 0 aliphatic carbocycles. The standard InChI is InChI=1S/C28H48N2O5/c1-20(2)22(16-21-10-11-25(34-6)26(17-21)35-15-9-14-33-5)18-23(29)24(31)19-30-13-8-7-12-28(3,4)27(30)32/h10-11,17,20,22-24,31H,7-9,12-16,18-19,29H2,1-6H3/t22-,23-,24-/m0/s1. The van der Waals surface area contributed by atoms with Gasteiger partial charge in [-0.25, -0.2) is 0 Å². The molecule has 1 amide bonds. The van der Waals surface area contributed by atoms with Gasteiger partial charge in [-0.1, -0.05) is 40.2 Å². The molecule has 3 N–H and O–H groups in total. The molecule has 1 aromatic rings. The van der Waals surface area contributed by atoms with Gasteiger partial charge in [0.2, 0.25) is 5.91 Å². The number of carbonyl (C=O) groups excluding carboxylic acids is 1. The number of nitrogens with zero attached hydrogens (tertiary/aromatic N) is 1. The van der Waals surface area contributed by atoms with E-state index in [4.69, 9.17) is 19.9 Å². The highest BCUT2D eigenvalue weighted by Gasteiger charge is 2.35. The normalized spacial score (nSPS) is 18.8. The summed E-state index contributed by atoms with van der Waals surface area (Å²) in [6.07, 6.45) is 4.46. The quantitative estimate of drug-likeness (QED) is 0.381. The molecule has 1 aromatic carbocycles. The number of rotatable bonds is 14. The molecule has 0 saturated carbocycles. The Kier molecular flexibility index (Phi) is 11.8. The summed E-state index contributed by atoms with van der Waals surface area (Å²) in [6.45, 7) is 10.6. The molecule has 1 aliphatic rings. The van der Waals surface area contributed by atoms with Crippen LogP contribution in [0.25, 0.3) is 0 Å². The zero-order valence-electron chi connectivity index (χ0n) is 22.7. The van der Waals surface area contributed by atoms with Gasteiger partial charge in [-0.2, -0.15) is 0 Å². The number of hydrogen-bond acceptors (Lipinski definition) is 6. The SMILES string of the molecule is COCCCOc1cc(C[C@@H](C[C@H](N)[C@@H](O)CN2CCCCC(C)(C)C2=O)C(C)C)ccc1OC. The van der Waals surface area contributed by atoms with Crippen molar-refractivity contribution in [2.75, 3.05) is 40.5 Å². The Morgan fingerprint density at radius 1 is 1.14 bits per heavy atom. The highest BCUT2D eigenvalue weighted by Crippen LogP contribution is 2.32. The fraction of sp³-hybridized carbons (Fsp3) is 0.750. The minimum atomic E-state index is -0.746. The number of aliphatic hydroxyl groups is 1. The Labute approximate surface area is 212 Å². The molecule has 0 aromatic heterocycles. The Balaban J connectivity index is 2.02. The average molecular weight is 493 g/mol. The molecule has 1 heterocycles. The van der Waals surface area contributed by atoms with Gasteiger partial charge in [0.05, 0.1) is 19.8 Å². The molecule has 7 heteroatoms. The smallest absolute Gasteiger partial charge is 0.228 e. The number of nitrogens with two attached hydrogens (primary N) is 1. The van der Waals surface area contributed by atoms with Crippen LogP contribution in [0.1, 0.15) is 65.4 Å². The van der Waals surface area contributed by atoms with E-state index in [0.29, 0.717) is 44.4 Å². The van der Waals surface area contributed by atoms with Crippen LogP contribution in [0.15, 0.2) is 18.2 Å². The summed E-state index contributed by atoms with van der Waals surface area (Å²) >= 11 is 0. The molecule has 2 rings (SSSR count). The van der Waals surface area contributed by atoms with E-state index in [9.17, 15) is 9.90 Å². The first-order valence-corrected chi connectivity index (χ1v) is 13.1. The number of methoxy groups -OCH3 is 2. The first-order chi connectivity index (χ1) is 16.6. The molecule has 200 valence electrons. The number of β-amino-alcohol motifs (C(OH)–C–C–N with tert-alkyl or cyclic N) is 1. The van der Waals surface area contributed by atoms with Gasteiger partial charge in [-0.3, -0.25) is 4.79 Å². The summed E-state index contributed by atoms with van der Waals surface area (Å²) in [4.78, 5) is 14.8. The Hall–Kier alpha value is -1.83. The first-order valence-electron chi connectivity index (χ1n) is 13.1. The van der Waals surface area contributed by atoms with Gasteiger partial charge >= 0.3 is 0 Å². The average Bonchev–Trinajstić information content (AvgIpc) is 2.94. The van der Waals surface area contributed by atoms with Gasteiger partial charge in [0.25, 0.3) is 0 Å². The summed E-state index contributed by atoms with van der Waals surface area (Å²) in [5, 5.41) is 10.9. The van der Waals surface area contributed by atoms with Gasteiger partial charge < -0.3 is 30.0 Å². The zero-order valence-corrected chi connectivity index (χ0v) is 22.7. The van der Waals surface area contributed by atoms with E-state index in [1.165, 1.54) is 0 Å². The Morgan fingerprint density at radius 2 is 1.89 bits per heavy atom. The summed E-state index contributed by atoms with van der Waals surface area (Å²) in [5.41, 5.74) is 7.28. The predicted octanol–water partition coefficient (Wildman–Crippen LogP) is 4.04. The third kappa shape index (κ3) is 8.96. The maximum atomic E-state index is 12.9. The number of benzene rings is 1. The predicted molar refractivity (Wildman–Crippen MR) is 140 cm³/mol. The lowest BCUT2D eigenvalue weighted by atomic mass is 9.83. The van der Waals surface area contributed by atoms with Crippen molar-refractivity contribution in [3.8, 4) is 11.5 Å². The summed E-state index contributed by atoms with van der Waals surface area (Å²) in [5.74, 6) is 2.24. The number of carbonyl (C=O) groups is 1. The van der Waals surface area contributed by atoms with Crippen molar-refractivity contribution in [1.29, 1.82) is 0 Å². The molecule has 0 radical (unpaired) electrons. The minimum Gasteiger partial charge on any atom is -0.493 e. The van der Waals surface area contributed by atoms with Crippen LogP contribution >= 0.6 is 0 Å². The van der Waals surface area contributed by atoms with Crippen molar-refractivity contribution < 1.29 is 24.1 Å². The van der Waals surface area contributed by atoms with Crippen LogP contribution in [-0.4, -0.2) is 68.6 Å². The second-order valence-corrected chi connectivity index (χ2v) is 10.9. The molecule has 1 saturated heterocycles. The van der Waals surface area contributed by atoms with Gasteiger partial charge in [0.15, 0.2) is 11.5 Å². The summed E-state index contributed by atoms with van der Waals surface area (Å²) < 4.78 is 16.5. The Bertz CT molecular complexity index is 783. The van der Waals surface area contributed by atoms with Crippen LogP contribution in [0, 0.1) is 17.3 Å². The van der Waals surface area contributed by atoms with Crippen molar-refractivity contribution in [2.45, 2.75) is 78.4 Å². The summed E-state index contributed by atoms with van der Waals surface area (Å²) in [7, 11) is 3.33. The van der Waals surface area contributed by atoms with E-state index >= 15 is 0 Å². The van der Waals surface area contributed by atoms with Crippen LogP contribution in [0.4, 0.5) is 0 Å². The van der Waals surface area contributed by atoms with Crippen molar-refractivity contribution in [3.05, 3.63) is 23.8 Å². The second kappa shape index (κ2) is 14.0. The number of likely N-dealkylation sites (tertiary alicyclic amines) is 1. The van der Waals surface area contributed by atoms with Gasteiger partial charge in [-0.15, -0.1) is 0 Å². The van der Waals surface area contributed by atoms with Gasteiger partial charge in [0.1, 0.15) is 0 Å². The second-order valence-electron chi connectivity index (χ2n) is 10.9. The maximum absolute atomic E-state index is 12.9. The molecule has 1 fully saturated rings. The molecule has 35 heavy (non-hydrogen) atoms. The van der Waals surface area contributed by atoms with Crippen molar-refractivity contribution in [2.24, 2.45) is 23.0 Å². The fourth-order valence-corrected chi connectivity index (χ4v) is 4.79. The molecule has 0 bridgehead atoms. The molecule has 1 aliphatic heterocycles. The fourth-order valence-electron chi connectivity index (χ4n) is 4.79. The van der Waals surface area contributed by atoms with Crippen LogP contribution in [-0.2, 0) is 16.0 Å². The molecule has 0 spiro atoms. The molecule has 7 nitrogen and oxygen atoms in total. The Morgan fingerprint density at radius 3 is 2.54 bits per heavy atom. The number of ether oxygens (including phenoxy) is 3. The number of amides is 1. The number of hydrogen-bond donors (Lipinski definition) is 2. The largest absolute Gasteiger partial charge is 0.493 e. The first kappa shape index (κ1) is 29.4.